The number of aryl methyl sites for hydroxylation is 1. The smallest absolute Gasteiger partial charge is 0.247 e. The molecule has 10 heteroatoms. The number of hydrogen-bond acceptors (Lipinski definition) is 5. The SMILES string of the molecule is CC(=O)N1CCN(C(=O)/C=C/Cl)C[C@H]1c1cc(Cl)cc(-c2nnn(C)n2)c1. The minimum atomic E-state index is -0.335. The van der Waals surface area contributed by atoms with Crippen LogP contribution >= 0.6 is 23.2 Å². The van der Waals surface area contributed by atoms with Gasteiger partial charge < -0.3 is 9.80 Å². The third-order valence-corrected chi connectivity index (χ3v) is 4.72. The number of tetrazole rings is 1. The van der Waals surface area contributed by atoms with Crippen LogP contribution in [0.15, 0.2) is 29.8 Å². The number of carbonyl (C=O) groups is 2. The zero-order valence-corrected chi connectivity index (χ0v) is 16.4. The second-order valence-corrected chi connectivity index (χ2v) is 6.87. The number of rotatable bonds is 3. The van der Waals surface area contributed by atoms with E-state index in [1.807, 2.05) is 6.07 Å². The lowest BCUT2D eigenvalue weighted by molar-refractivity contribution is -0.139. The van der Waals surface area contributed by atoms with Crippen LogP contribution in [0, 0.1) is 0 Å². The van der Waals surface area contributed by atoms with Gasteiger partial charge in [0.25, 0.3) is 0 Å². The van der Waals surface area contributed by atoms with E-state index in [2.05, 4.69) is 15.4 Å². The molecule has 1 aliphatic rings. The zero-order valence-electron chi connectivity index (χ0n) is 14.8. The van der Waals surface area contributed by atoms with Gasteiger partial charge in [0.05, 0.1) is 13.1 Å². The fourth-order valence-electron chi connectivity index (χ4n) is 3.14. The summed E-state index contributed by atoms with van der Waals surface area (Å²) in [6.07, 6.45) is 1.30. The van der Waals surface area contributed by atoms with Crippen molar-refractivity contribution in [2.75, 3.05) is 19.6 Å². The van der Waals surface area contributed by atoms with Gasteiger partial charge in [-0.15, -0.1) is 10.2 Å². The summed E-state index contributed by atoms with van der Waals surface area (Å²) in [4.78, 5) is 29.1. The summed E-state index contributed by atoms with van der Waals surface area (Å²) >= 11 is 11.8. The molecule has 0 aliphatic carbocycles. The second-order valence-electron chi connectivity index (χ2n) is 6.18. The topological polar surface area (TPSA) is 84.2 Å². The van der Waals surface area contributed by atoms with Gasteiger partial charge in [0.15, 0.2) is 0 Å². The molecule has 1 saturated heterocycles. The van der Waals surface area contributed by atoms with E-state index in [-0.39, 0.29) is 17.9 Å². The lowest BCUT2D eigenvalue weighted by Crippen LogP contribution is -2.51. The number of nitrogens with zero attached hydrogens (tertiary/aromatic N) is 6. The maximum Gasteiger partial charge on any atom is 0.247 e. The molecule has 0 bridgehead atoms. The van der Waals surface area contributed by atoms with Crippen molar-refractivity contribution in [3.8, 4) is 11.4 Å². The van der Waals surface area contributed by atoms with Crippen LogP contribution in [0.2, 0.25) is 5.02 Å². The largest absolute Gasteiger partial charge is 0.335 e. The molecule has 2 heterocycles. The fourth-order valence-corrected chi connectivity index (χ4v) is 3.49. The lowest BCUT2D eigenvalue weighted by Gasteiger charge is -2.41. The first-order valence-electron chi connectivity index (χ1n) is 8.26. The molecule has 3 rings (SSSR count). The van der Waals surface area contributed by atoms with Gasteiger partial charge in [0.2, 0.25) is 17.6 Å². The van der Waals surface area contributed by atoms with E-state index in [0.29, 0.717) is 36.0 Å². The van der Waals surface area contributed by atoms with Gasteiger partial charge >= 0.3 is 0 Å². The van der Waals surface area contributed by atoms with Crippen LogP contribution in [0.3, 0.4) is 0 Å². The van der Waals surface area contributed by atoms with Crippen molar-refractivity contribution < 1.29 is 9.59 Å². The molecule has 0 unspecified atom stereocenters. The Morgan fingerprint density at radius 1 is 1.26 bits per heavy atom. The van der Waals surface area contributed by atoms with Gasteiger partial charge in [0, 0.05) is 48.8 Å². The molecule has 2 aromatic rings. The van der Waals surface area contributed by atoms with Gasteiger partial charge in [-0.3, -0.25) is 9.59 Å². The molecule has 1 aromatic carbocycles. The number of benzene rings is 1. The van der Waals surface area contributed by atoms with Crippen molar-refractivity contribution in [3.63, 3.8) is 0 Å². The molecule has 0 spiro atoms. The summed E-state index contributed by atoms with van der Waals surface area (Å²) in [5.74, 6) is 0.166. The zero-order chi connectivity index (χ0) is 19.6. The molecular weight excluding hydrogens is 391 g/mol. The van der Waals surface area contributed by atoms with Gasteiger partial charge in [-0.05, 0) is 29.0 Å². The molecule has 2 amide bonds. The molecule has 0 saturated carbocycles. The van der Waals surface area contributed by atoms with Crippen molar-refractivity contribution in [1.82, 2.24) is 30.0 Å². The van der Waals surface area contributed by atoms with E-state index in [0.717, 1.165) is 5.56 Å². The fraction of sp³-hybridized carbons (Fsp3) is 0.353. The Kier molecular flexibility index (Phi) is 5.76. The molecule has 1 aliphatic heterocycles. The van der Waals surface area contributed by atoms with Crippen molar-refractivity contribution >= 4 is 35.0 Å². The number of piperazine rings is 1. The highest BCUT2D eigenvalue weighted by molar-refractivity contribution is 6.31. The molecule has 27 heavy (non-hydrogen) atoms. The van der Waals surface area contributed by atoms with E-state index in [1.54, 1.807) is 29.0 Å². The number of halogens is 2. The predicted octanol–water partition coefficient (Wildman–Crippen LogP) is 2.01. The van der Waals surface area contributed by atoms with Gasteiger partial charge in [-0.1, -0.05) is 23.2 Å². The first-order valence-corrected chi connectivity index (χ1v) is 9.08. The quantitative estimate of drug-likeness (QED) is 0.725. The van der Waals surface area contributed by atoms with Crippen LogP contribution in [0.25, 0.3) is 11.4 Å². The monoisotopic (exact) mass is 408 g/mol. The third kappa shape index (κ3) is 4.28. The highest BCUT2D eigenvalue weighted by Crippen LogP contribution is 2.31. The maximum atomic E-state index is 12.2. The number of hydrogen-bond donors (Lipinski definition) is 0. The van der Waals surface area contributed by atoms with E-state index in [1.165, 1.54) is 23.3 Å². The molecule has 1 atom stereocenters. The molecular formula is C17H18Cl2N6O2. The normalized spacial score (nSPS) is 17.6. The Bertz CT molecular complexity index is 897. The van der Waals surface area contributed by atoms with Gasteiger partial charge in [0.1, 0.15) is 0 Å². The van der Waals surface area contributed by atoms with Crippen LogP contribution in [-0.2, 0) is 16.6 Å². The minimum Gasteiger partial charge on any atom is -0.335 e. The van der Waals surface area contributed by atoms with E-state index in [4.69, 9.17) is 23.2 Å². The van der Waals surface area contributed by atoms with Crippen molar-refractivity contribution in [3.05, 3.63) is 40.4 Å². The minimum absolute atomic E-state index is 0.0702. The Balaban J connectivity index is 1.98. The Hall–Kier alpha value is -2.45. The van der Waals surface area contributed by atoms with Crippen LogP contribution in [-0.4, -0.2) is 61.5 Å². The Morgan fingerprint density at radius 2 is 2.04 bits per heavy atom. The maximum absolute atomic E-state index is 12.2. The molecule has 8 nitrogen and oxygen atoms in total. The summed E-state index contributed by atoms with van der Waals surface area (Å²) in [5.41, 5.74) is 2.68. The molecule has 0 radical (unpaired) electrons. The van der Waals surface area contributed by atoms with Crippen molar-refractivity contribution in [2.24, 2.45) is 7.05 Å². The summed E-state index contributed by atoms with van der Waals surface area (Å²) < 4.78 is 0. The third-order valence-electron chi connectivity index (χ3n) is 4.37. The predicted molar refractivity (Wildman–Crippen MR) is 101 cm³/mol. The first-order chi connectivity index (χ1) is 12.9. The Labute approximate surface area is 166 Å². The van der Waals surface area contributed by atoms with E-state index >= 15 is 0 Å². The first kappa shape index (κ1) is 19.3. The van der Waals surface area contributed by atoms with E-state index < -0.39 is 0 Å². The second kappa shape index (κ2) is 8.06. The lowest BCUT2D eigenvalue weighted by atomic mass is 9.99. The molecule has 1 fully saturated rings. The highest BCUT2D eigenvalue weighted by Gasteiger charge is 2.32. The molecule has 0 N–H and O–H groups in total. The van der Waals surface area contributed by atoms with Crippen molar-refractivity contribution in [1.29, 1.82) is 0 Å². The highest BCUT2D eigenvalue weighted by atomic mass is 35.5. The number of aromatic nitrogens is 4. The average Bonchev–Trinajstić information content (AvgIpc) is 3.07. The molecule has 142 valence electrons. The standard InChI is InChI=1S/C17H18Cl2N6O2/c1-11(26)25-6-5-24(16(27)3-4-18)10-15(25)12-7-13(9-14(19)8-12)17-20-22-23(2)21-17/h3-4,7-9,15H,5-6,10H2,1-2H3/b4-3+/t15-/m0/s1. The van der Waals surface area contributed by atoms with Crippen LogP contribution in [0.5, 0.6) is 0 Å². The van der Waals surface area contributed by atoms with Crippen molar-refractivity contribution in [2.45, 2.75) is 13.0 Å². The summed E-state index contributed by atoms with van der Waals surface area (Å²) in [6.45, 7) is 2.72. The van der Waals surface area contributed by atoms with Crippen LogP contribution < -0.4 is 0 Å². The summed E-state index contributed by atoms with van der Waals surface area (Å²) in [5, 5.41) is 12.5. The van der Waals surface area contributed by atoms with Gasteiger partial charge in [-0.25, -0.2) is 0 Å². The average molecular weight is 409 g/mol. The van der Waals surface area contributed by atoms with Gasteiger partial charge in [-0.2, -0.15) is 4.80 Å². The summed E-state index contributed by atoms with van der Waals surface area (Å²) in [7, 11) is 1.68. The Morgan fingerprint density at radius 3 is 2.67 bits per heavy atom. The van der Waals surface area contributed by atoms with E-state index in [9.17, 15) is 9.59 Å². The van der Waals surface area contributed by atoms with Crippen LogP contribution in [0.4, 0.5) is 0 Å². The molecule has 1 aromatic heterocycles. The number of carbonyl (C=O) groups excluding carboxylic acids is 2. The number of amides is 2. The van der Waals surface area contributed by atoms with Crippen LogP contribution in [0.1, 0.15) is 18.5 Å². The summed E-state index contributed by atoms with van der Waals surface area (Å²) in [6, 6.07) is 5.06.